The van der Waals surface area contributed by atoms with E-state index >= 15 is 0 Å². The van der Waals surface area contributed by atoms with Gasteiger partial charge in [-0.2, -0.15) is 0 Å². The van der Waals surface area contributed by atoms with Gasteiger partial charge in [0.2, 0.25) is 17.7 Å². The van der Waals surface area contributed by atoms with Crippen molar-refractivity contribution < 1.29 is 32.3 Å². The second-order valence-electron chi connectivity index (χ2n) is 15.6. The molecule has 4 aromatic rings. The van der Waals surface area contributed by atoms with Gasteiger partial charge in [-0.3, -0.25) is 29.0 Å². The molecule has 0 bridgehead atoms. The van der Waals surface area contributed by atoms with Crippen LogP contribution in [0.4, 0.5) is 25.8 Å². The van der Waals surface area contributed by atoms with Crippen LogP contribution in [-0.4, -0.2) is 113 Å². The Bertz CT molecular complexity index is 2320. The van der Waals surface area contributed by atoms with E-state index in [0.29, 0.717) is 66.5 Å². The summed E-state index contributed by atoms with van der Waals surface area (Å²) in [5, 5.41) is 10.8. The number of rotatable bonds is 19. The van der Waals surface area contributed by atoms with E-state index in [2.05, 4.69) is 30.7 Å². The van der Waals surface area contributed by atoms with E-state index in [1.807, 2.05) is 47.3 Å². The Balaban J connectivity index is 0.720. The Hall–Kier alpha value is -5.78. The minimum absolute atomic E-state index is 0.0434. The van der Waals surface area contributed by atoms with Gasteiger partial charge in [0.15, 0.2) is 17.2 Å². The first-order valence-corrected chi connectivity index (χ1v) is 22.2. The van der Waals surface area contributed by atoms with Crippen molar-refractivity contribution in [3.63, 3.8) is 0 Å². The van der Waals surface area contributed by atoms with Crippen LogP contribution < -0.4 is 20.9 Å². The third kappa shape index (κ3) is 11.2. The molecule has 13 nitrogen and oxygen atoms in total. The molecule has 0 aliphatic carbocycles. The molecule has 62 heavy (non-hydrogen) atoms. The SMILES string of the molecule is Cn1c(/C=C2/C=CC(c3cccs3)=[N+]2[B-](F)F)ccc1CCC(=O)NCCCCCC(=O)NCCCCN1CCN(CC(=O)N2c3ccccc3C(=O)Nc3cccnc32)CC1. The first-order chi connectivity index (χ1) is 30.2. The van der Waals surface area contributed by atoms with Gasteiger partial charge in [0, 0.05) is 95.0 Å². The van der Waals surface area contributed by atoms with Crippen LogP contribution in [0.2, 0.25) is 0 Å². The van der Waals surface area contributed by atoms with Crippen molar-refractivity contribution in [2.45, 2.75) is 51.4 Å². The molecule has 3 aromatic heterocycles. The number of carbonyl (C=O) groups is 4. The second-order valence-corrected chi connectivity index (χ2v) is 16.6. The number of para-hydroxylation sites is 1. The monoisotopic (exact) mass is 864 g/mol. The highest BCUT2D eigenvalue weighted by atomic mass is 32.1. The van der Waals surface area contributed by atoms with Crippen molar-refractivity contribution in [3.8, 4) is 0 Å². The lowest BCUT2D eigenvalue weighted by Gasteiger charge is -2.35. The average Bonchev–Trinajstić information content (AvgIpc) is 4.02. The van der Waals surface area contributed by atoms with Crippen molar-refractivity contribution in [1.29, 1.82) is 0 Å². The highest BCUT2D eigenvalue weighted by molar-refractivity contribution is 7.12. The predicted octanol–water partition coefficient (Wildman–Crippen LogP) is 5.87. The zero-order valence-corrected chi connectivity index (χ0v) is 35.8. The van der Waals surface area contributed by atoms with Gasteiger partial charge in [-0.25, -0.2) is 4.98 Å². The third-order valence-corrected chi connectivity index (χ3v) is 12.3. The largest absolute Gasteiger partial charge is 0.609 e. The average molecular weight is 865 g/mol. The number of benzene rings is 1. The van der Waals surface area contributed by atoms with Crippen LogP contribution in [0.15, 0.2) is 90.1 Å². The van der Waals surface area contributed by atoms with E-state index in [0.717, 1.165) is 85.6 Å². The fourth-order valence-electron chi connectivity index (χ4n) is 7.99. The molecule has 0 saturated carbocycles. The number of halogens is 2. The number of allylic oxidation sites excluding steroid dienone is 2. The minimum atomic E-state index is -2.67. The highest BCUT2D eigenvalue weighted by Gasteiger charge is 2.32. The molecule has 3 aliphatic rings. The molecule has 17 heteroatoms. The smallest absolute Gasteiger partial charge is 0.433 e. The van der Waals surface area contributed by atoms with E-state index in [9.17, 15) is 27.8 Å². The molecular weight excluding hydrogens is 811 g/mol. The summed E-state index contributed by atoms with van der Waals surface area (Å²) in [6.45, 7) is 5.52. The van der Waals surface area contributed by atoms with Crippen LogP contribution in [0, 0.1) is 0 Å². The minimum Gasteiger partial charge on any atom is -0.433 e. The maximum Gasteiger partial charge on any atom is 0.609 e. The third-order valence-electron chi connectivity index (χ3n) is 11.4. The van der Waals surface area contributed by atoms with Gasteiger partial charge in [-0.05, 0) is 86.5 Å². The number of thiophene rings is 1. The van der Waals surface area contributed by atoms with Crippen LogP contribution in [0.25, 0.3) is 6.08 Å². The maximum absolute atomic E-state index is 14.0. The summed E-state index contributed by atoms with van der Waals surface area (Å²) in [6, 6.07) is 18.1. The van der Waals surface area contributed by atoms with Gasteiger partial charge >= 0.3 is 7.40 Å². The second kappa shape index (κ2) is 21.3. The van der Waals surface area contributed by atoms with Gasteiger partial charge in [0.1, 0.15) is 0 Å². The van der Waals surface area contributed by atoms with Crippen LogP contribution in [0.3, 0.4) is 0 Å². The molecule has 6 heterocycles. The van der Waals surface area contributed by atoms with Gasteiger partial charge in [-0.1, -0.05) is 24.6 Å². The number of nitrogens with one attached hydrogen (secondary N) is 3. The number of anilines is 3. The summed E-state index contributed by atoms with van der Waals surface area (Å²) in [4.78, 5) is 62.9. The Morgan fingerprint density at radius 1 is 0.871 bits per heavy atom. The zero-order valence-electron chi connectivity index (χ0n) is 35.0. The normalized spacial score (nSPS) is 16.1. The quantitative estimate of drug-likeness (QED) is 0.0794. The van der Waals surface area contributed by atoms with Crippen molar-refractivity contribution in [2.24, 2.45) is 7.05 Å². The van der Waals surface area contributed by atoms with Gasteiger partial charge in [0.05, 0.1) is 28.4 Å². The fraction of sp³-hybridized carbons (Fsp3) is 0.378. The Labute approximate surface area is 365 Å². The summed E-state index contributed by atoms with van der Waals surface area (Å²) in [6.07, 6.45) is 12.3. The van der Waals surface area contributed by atoms with Crippen molar-refractivity contribution in [2.75, 3.05) is 62.6 Å². The number of nitrogens with zero attached hydrogens (tertiary/aromatic N) is 6. The Morgan fingerprint density at radius 2 is 1.63 bits per heavy atom. The zero-order chi connectivity index (χ0) is 43.4. The molecular formula is C45H53BF2N9O4S. The van der Waals surface area contributed by atoms with E-state index in [4.69, 9.17) is 0 Å². The van der Waals surface area contributed by atoms with Gasteiger partial charge in [-0.15, -0.1) is 11.3 Å². The standard InChI is InChI=1S/C45H52BF2N9O4S/c1-53-33(16-17-34(53)31-35-18-20-39(57(35)46(47)48)40-14-10-30-62-40)19-21-42(59)50-22-6-2-3-15-41(58)49-23-7-8-25-54-26-28-55(29-27-54)32-43(60)56-38-13-5-4-11-36(38)45(61)52-37-12-9-24-51-44(37)56/h4-5,9-14,16-18,20,24,30-31H,2-3,6-8,15,19,21-23,25-29,32H2,1H3,(H2-,49,50,52,58,59,61)/q-1/p+1/b35-31-. The molecule has 3 N–H and O–H groups in total. The van der Waals surface area contributed by atoms with E-state index in [1.165, 1.54) is 11.3 Å². The highest BCUT2D eigenvalue weighted by Crippen LogP contribution is 2.36. The summed E-state index contributed by atoms with van der Waals surface area (Å²) in [5.41, 5.74) is 4.07. The number of amides is 4. The Morgan fingerprint density at radius 3 is 2.40 bits per heavy atom. The number of hydrogen-bond acceptors (Lipinski definition) is 8. The predicted molar refractivity (Wildman–Crippen MR) is 240 cm³/mol. The topological polar surface area (TPSA) is 135 Å². The summed E-state index contributed by atoms with van der Waals surface area (Å²) >= 11 is 1.42. The molecule has 0 spiro atoms. The van der Waals surface area contributed by atoms with Crippen molar-refractivity contribution in [3.05, 3.63) is 112 Å². The lowest BCUT2D eigenvalue weighted by molar-refractivity contribution is -0.339. The molecule has 0 atom stereocenters. The molecule has 7 rings (SSSR count). The van der Waals surface area contributed by atoms with Gasteiger partial charge < -0.3 is 38.5 Å². The first kappa shape index (κ1) is 44.3. The maximum atomic E-state index is 14.0. The van der Waals surface area contributed by atoms with Crippen LogP contribution in [0.5, 0.6) is 0 Å². The van der Waals surface area contributed by atoms with Crippen LogP contribution >= 0.6 is 11.3 Å². The molecule has 3 aliphatic heterocycles. The van der Waals surface area contributed by atoms with Gasteiger partial charge in [0.25, 0.3) is 5.91 Å². The number of aryl methyl sites for hydroxylation is 1. The summed E-state index contributed by atoms with van der Waals surface area (Å²) < 4.78 is 31.0. The summed E-state index contributed by atoms with van der Waals surface area (Å²) in [5.74, 6) is 0.00636. The fourth-order valence-corrected chi connectivity index (χ4v) is 8.74. The first-order valence-electron chi connectivity index (χ1n) is 21.4. The molecule has 325 valence electrons. The number of aromatic nitrogens is 2. The molecule has 1 fully saturated rings. The number of pyridine rings is 1. The van der Waals surface area contributed by atoms with Crippen molar-refractivity contribution in [1.82, 2.24) is 30.0 Å². The molecule has 1 aromatic carbocycles. The van der Waals surface area contributed by atoms with E-state index in [1.54, 1.807) is 59.7 Å². The molecule has 4 amide bonds. The molecule has 1 radical (unpaired) electrons. The van der Waals surface area contributed by atoms with E-state index in [-0.39, 0.29) is 30.2 Å². The van der Waals surface area contributed by atoms with Crippen LogP contribution in [-0.2, 0) is 27.9 Å². The number of carbonyl (C=O) groups excluding carboxylic acids is 4. The number of piperazine rings is 1. The number of hydrogen-bond donors (Lipinski definition) is 3. The Kier molecular flexibility index (Phi) is 15.2. The number of unbranched alkanes of at least 4 members (excludes halogenated alkanes) is 3. The lowest BCUT2D eigenvalue weighted by atomic mass is 10.1. The van der Waals surface area contributed by atoms with E-state index < -0.39 is 7.40 Å². The lowest BCUT2D eigenvalue weighted by Crippen LogP contribution is -2.49. The van der Waals surface area contributed by atoms with Crippen LogP contribution in [0.1, 0.15) is 71.6 Å². The molecule has 1 saturated heterocycles. The molecule has 0 unspecified atom stereocenters. The number of fused-ring (bicyclic) bond motifs is 2. The van der Waals surface area contributed by atoms with Crippen molar-refractivity contribution >= 4 is 71.3 Å². The summed E-state index contributed by atoms with van der Waals surface area (Å²) in [7, 11) is -0.797.